The third-order valence-electron chi connectivity index (χ3n) is 5.53. The number of ether oxygens (including phenoxy) is 2. The third kappa shape index (κ3) is 6.72. The zero-order chi connectivity index (χ0) is 22.2. The number of carbonyl (C=O) groups is 2. The van der Waals surface area contributed by atoms with Crippen molar-refractivity contribution in [3.05, 3.63) is 58.6 Å². The van der Waals surface area contributed by atoms with Gasteiger partial charge < -0.3 is 19.7 Å². The highest BCUT2D eigenvalue weighted by molar-refractivity contribution is 9.10. The molecule has 0 spiro atoms. The molecule has 2 amide bonds. The summed E-state index contributed by atoms with van der Waals surface area (Å²) in [4.78, 5) is 27.6. The Morgan fingerprint density at radius 2 is 1.84 bits per heavy atom. The second-order valence-electron chi connectivity index (χ2n) is 7.78. The lowest BCUT2D eigenvalue weighted by Crippen LogP contribution is -2.50. The average molecular weight is 489 g/mol. The van der Waals surface area contributed by atoms with Crippen molar-refractivity contribution in [3.8, 4) is 11.5 Å². The summed E-state index contributed by atoms with van der Waals surface area (Å²) >= 11 is 3.38. The first-order valence-corrected chi connectivity index (χ1v) is 11.4. The van der Waals surface area contributed by atoms with Crippen molar-refractivity contribution >= 4 is 27.7 Å². The second-order valence-corrected chi connectivity index (χ2v) is 8.70. The molecular formula is C24H29BrN2O4. The summed E-state index contributed by atoms with van der Waals surface area (Å²) in [6, 6.07) is 14.4. The van der Waals surface area contributed by atoms with Crippen molar-refractivity contribution in [2.45, 2.75) is 51.2 Å². The summed E-state index contributed by atoms with van der Waals surface area (Å²) in [5, 5.41) is 3.10. The van der Waals surface area contributed by atoms with Gasteiger partial charge in [-0.15, -0.1) is 0 Å². The van der Waals surface area contributed by atoms with E-state index >= 15 is 0 Å². The molecule has 2 aromatic carbocycles. The van der Waals surface area contributed by atoms with E-state index in [9.17, 15) is 9.59 Å². The van der Waals surface area contributed by atoms with Crippen LogP contribution in [0.5, 0.6) is 11.5 Å². The molecule has 0 heterocycles. The van der Waals surface area contributed by atoms with E-state index in [-0.39, 0.29) is 24.5 Å². The number of benzene rings is 2. The van der Waals surface area contributed by atoms with E-state index in [0.29, 0.717) is 18.0 Å². The van der Waals surface area contributed by atoms with Gasteiger partial charge in [-0.2, -0.15) is 0 Å². The fourth-order valence-electron chi connectivity index (χ4n) is 3.70. The Labute approximate surface area is 192 Å². The zero-order valence-electron chi connectivity index (χ0n) is 18.0. The molecule has 1 aliphatic rings. The maximum Gasteiger partial charge on any atom is 0.261 e. The van der Waals surface area contributed by atoms with Gasteiger partial charge in [-0.3, -0.25) is 9.59 Å². The molecule has 0 radical (unpaired) electrons. The molecule has 0 aromatic heterocycles. The fourth-order valence-corrected chi connectivity index (χ4v) is 3.97. The third-order valence-corrected chi connectivity index (χ3v) is 6.06. The molecule has 1 atom stereocenters. The molecule has 0 unspecified atom stereocenters. The predicted octanol–water partition coefficient (Wildman–Crippen LogP) is 4.31. The minimum absolute atomic E-state index is 0.133. The Balaban J connectivity index is 1.72. The van der Waals surface area contributed by atoms with Crippen molar-refractivity contribution in [1.82, 2.24) is 10.2 Å². The molecule has 6 nitrogen and oxygen atoms in total. The fraction of sp³-hybridized carbons (Fsp3) is 0.417. The van der Waals surface area contributed by atoms with Gasteiger partial charge in [-0.1, -0.05) is 40.9 Å². The smallest absolute Gasteiger partial charge is 0.261 e. The quantitative estimate of drug-likeness (QED) is 0.570. The van der Waals surface area contributed by atoms with Crippen LogP contribution in [0.4, 0.5) is 0 Å². The van der Waals surface area contributed by atoms with Crippen LogP contribution in [-0.4, -0.2) is 42.5 Å². The first kappa shape index (κ1) is 23.1. The first-order valence-electron chi connectivity index (χ1n) is 10.6. The molecule has 3 rings (SSSR count). The summed E-state index contributed by atoms with van der Waals surface area (Å²) in [5.74, 6) is 0.923. The van der Waals surface area contributed by atoms with Gasteiger partial charge in [0.05, 0.1) is 7.11 Å². The van der Waals surface area contributed by atoms with Crippen molar-refractivity contribution in [3.63, 3.8) is 0 Å². The SMILES string of the molecule is COc1cccc(CN(C(=O)COc2ccc(Br)cc2)[C@@H](C)C(=O)NC2CCCC2)c1. The van der Waals surface area contributed by atoms with Crippen LogP contribution < -0.4 is 14.8 Å². The highest BCUT2D eigenvalue weighted by Crippen LogP contribution is 2.20. The normalized spacial score (nSPS) is 14.7. The monoisotopic (exact) mass is 488 g/mol. The Bertz CT molecular complexity index is 881. The lowest BCUT2D eigenvalue weighted by Gasteiger charge is -2.29. The van der Waals surface area contributed by atoms with E-state index in [1.165, 1.54) is 0 Å². The van der Waals surface area contributed by atoms with Crippen molar-refractivity contribution in [1.29, 1.82) is 0 Å². The molecule has 31 heavy (non-hydrogen) atoms. The number of halogens is 1. The van der Waals surface area contributed by atoms with Crippen LogP contribution >= 0.6 is 15.9 Å². The molecule has 1 aliphatic carbocycles. The van der Waals surface area contributed by atoms with Gasteiger partial charge in [0.25, 0.3) is 5.91 Å². The molecule has 0 bridgehead atoms. The Kier molecular flexibility index (Phi) is 8.35. The largest absolute Gasteiger partial charge is 0.497 e. The van der Waals surface area contributed by atoms with Crippen LogP contribution in [0, 0.1) is 0 Å². The molecule has 1 N–H and O–H groups in total. The molecule has 0 saturated heterocycles. The van der Waals surface area contributed by atoms with Gasteiger partial charge >= 0.3 is 0 Å². The number of rotatable bonds is 9. The van der Waals surface area contributed by atoms with Gasteiger partial charge in [-0.05, 0) is 61.7 Å². The number of nitrogens with zero attached hydrogens (tertiary/aromatic N) is 1. The molecule has 1 saturated carbocycles. The molecule has 0 aliphatic heterocycles. The second kappa shape index (κ2) is 11.2. The van der Waals surface area contributed by atoms with E-state index in [4.69, 9.17) is 9.47 Å². The van der Waals surface area contributed by atoms with Crippen LogP contribution in [0.3, 0.4) is 0 Å². The number of nitrogens with one attached hydrogen (secondary N) is 1. The number of hydrogen-bond acceptors (Lipinski definition) is 4. The predicted molar refractivity (Wildman–Crippen MR) is 123 cm³/mol. The van der Waals surface area contributed by atoms with Gasteiger partial charge in [0, 0.05) is 17.1 Å². The minimum Gasteiger partial charge on any atom is -0.497 e. The van der Waals surface area contributed by atoms with Crippen molar-refractivity contribution < 1.29 is 19.1 Å². The van der Waals surface area contributed by atoms with E-state index < -0.39 is 6.04 Å². The van der Waals surface area contributed by atoms with Crippen LogP contribution in [-0.2, 0) is 16.1 Å². The molecule has 7 heteroatoms. The van der Waals surface area contributed by atoms with E-state index in [1.54, 1.807) is 31.1 Å². The summed E-state index contributed by atoms with van der Waals surface area (Å²) in [5.41, 5.74) is 0.886. The van der Waals surface area contributed by atoms with E-state index in [1.807, 2.05) is 36.4 Å². The van der Waals surface area contributed by atoms with Crippen LogP contribution in [0.1, 0.15) is 38.2 Å². The van der Waals surface area contributed by atoms with Gasteiger partial charge in [0.15, 0.2) is 6.61 Å². The van der Waals surface area contributed by atoms with Gasteiger partial charge in [0.1, 0.15) is 17.5 Å². The summed E-state index contributed by atoms with van der Waals surface area (Å²) in [7, 11) is 1.60. The summed E-state index contributed by atoms with van der Waals surface area (Å²) in [6.45, 7) is 1.91. The Hall–Kier alpha value is -2.54. The number of hydrogen-bond donors (Lipinski definition) is 1. The number of carbonyl (C=O) groups excluding carboxylic acids is 2. The van der Waals surface area contributed by atoms with Crippen molar-refractivity contribution in [2.24, 2.45) is 0 Å². The van der Waals surface area contributed by atoms with Crippen LogP contribution in [0.2, 0.25) is 0 Å². The topological polar surface area (TPSA) is 67.9 Å². The zero-order valence-corrected chi connectivity index (χ0v) is 19.6. The first-order chi connectivity index (χ1) is 15.0. The molecular weight excluding hydrogens is 460 g/mol. The maximum absolute atomic E-state index is 13.1. The maximum atomic E-state index is 13.1. The van der Waals surface area contributed by atoms with Crippen molar-refractivity contribution in [2.75, 3.05) is 13.7 Å². The standard InChI is InChI=1S/C24H29BrN2O4/c1-17(24(29)26-20-7-3-4-8-20)27(15-18-6-5-9-22(14-18)30-2)23(28)16-31-21-12-10-19(25)11-13-21/h5-6,9-14,17,20H,3-4,7-8,15-16H2,1-2H3,(H,26,29)/t17-/m0/s1. The van der Waals surface area contributed by atoms with Crippen LogP contribution in [0.15, 0.2) is 53.0 Å². The van der Waals surface area contributed by atoms with Gasteiger partial charge in [-0.25, -0.2) is 0 Å². The minimum atomic E-state index is -0.618. The lowest BCUT2D eigenvalue weighted by atomic mass is 10.1. The Morgan fingerprint density at radius 1 is 1.13 bits per heavy atom. The highest BCUT2D eigenvalue weighted by atomic mass is 79.9. The summed E-state index contributed by atoms with van der Waals surface area (Å²) < 4.78 is 11.9. The molecule has 166 valence electrons. The number of methoxy groups -OCH3 is 1. The molecule has 2 aromatic rings. The Morgan fingerprint density at radius 3 is 2.52 bits per heavy atom. The lowest BCUT2D eigenvalue weighted by molar-refractivity contribution is -0.142. The summed E-state index contributed by atoms with van der Waals surface area (Å²) in [6.07, 6.45) is 4.25. The van der Waals surface area contributed by atoms with E-state index in [2.05, 4.69) is 21.2 Å². The van der Waals surface area contributed by atoms with E-state index in [0.717, 1.165) is 35.7 Å². The average Bonchev–Trinajstić information content (AvgIpc) is 3.29. The highest BCUT2D eigenvalue weighted by Gasteiger charge is 2.28. The number of amides is 2. The molecule has 1 fully saturated rings. The van der Waals surface area contributed by atoms with Gasteiger partial charge in [0.2, 0.25) is 5.91 Å². The van der Waals surface area contributed by atoms with Crippen LogP contribution in [0.25, 0.3) is 0 Å².